The number of halogens is 24. The summed E-state index contributed by atoms with van der Waals surface area (Å²) in [6.07, 6.45) is -50.7. The topological polar surface area (TPSA) is 3.88 Å². The standard InChI is InChI=1S/C32H12BF24.C12H11NS/c34-25(35,36)13-1-14(26(37,38)39)6-21(5-13)33(22-7-15(27(40,41)42)2-16(8-22)28(43,44)45,23-9-17(29(46,47)48)3-18(10-23)30(49,50)51)24-11-19(31(52,53)54)4-20(12-24)32(55,56)57;14-12-6-4-11(5-7-12)10-13-8-2-1-3-9-13/h1-12H;1-9H,10H2/q-1;/p+1. The maximum Gasteiger partial charge on any atom is 0.416 e. The highest BCUT2D eigenvalue weighted by Gasteiger charge is 2.47. The van der Waals surface area contributed by atoms with E-state index in [9.17, 15) is 105 Å². The molecule has 27 heteroatoms. The van der Waals surface area contributed by atoms with Gasteiger partial charge in [0.05, 0.1) is 44.5 Å². The largest absolute Gasteiger partial charge is 0.416 e. The first-order valence-electron chi connectivity index (χ1n) is 19.2. The average molecular weight is 1070 g/mol. The van der Waals surface area contributed by atoms with Gasteiger partial charge in [0, 0.05) is 22.6 Å². The van der Waals surface area contributed by atoms with Crippen molar-refractivity contribution < 1.29 is 110 Å². The maximum atomic E-state index is 14.2. The summed E-state index contributed by atoms with van der Waals surface area (Å²) < 4.78 is 343. The molecule has 6 aromatic rings. The second-order valence-corrected chi connectivity index (χ2v) is 16.0. The molecule has 0 unspecified atom stereocenters. The van der Waals surface area contributed by atoms with Gasteiger partial charge in [-0.2, -0.15) is 127 Å². The predicted octanol–water partition coefficient (Wildman–Crippen LogP) is 13.5. The molecule has 0 aliphatic rings. The fourth-order valence-electron chi connectivity index (χ4n) is 7.42. The Morgan fingerprint density at radius 2 is 0.521 bits per heavy atom. The summed E-state index contributed by atoms with van der Waals surface area (Å²) in [6.45, 7) is 0.912. The molecule has 0 saturated carbocycles. The monoisotopic (exact) mass is 1070 g/mol. The van der Waals surface area contributed by atoms with E-state index in [1.54, 1.807) is 0 Å². The first kappa shape index (κ1) is 55.9. The van der Waals surface area contributed by atoms with Crippen LogP contribution in [-0.2, 0) is 56.0 Å². The van der Waals surface area contributed by atoms with Crippen molar-refractivity contribution in [2.45, 2.75) is 60.9 Å². The van der Waals surface area contributed by atoms with E-state index in [-0.39, 0.29) is 0 Å². The highest BCUT2D eigenvalue weighted by molar-refractivity contribution is 7.80. The molecule has 0 amide bonds. The number of aromatic nitrogens is 1. The molecule has 6 rings (SSSR count). The van der Waals surface area contributed by atoms with E-state index in [0.29, 0.717) is 0 Å². The van der Waals surface area contributed by atoms with E-state index in [0.717, 1.165) is 11.4 Å². The van der Waals surface area contributed by atoms with Crippen molar-refractivity contribution in [1.29, 1.82) is 0 Å². The van der Waals surface area contributed by atoms with Crippen LogP contribution in [0.4, 0.5) is 105 Å². The lowest BCUT2D eigenvalue weighted by molar-refractivity contribution is -0.688. The lowest BCUT2D eigenvalue weighted by Crippen LogP contribution is -2.75. The number of pyridine rings is 1. The minimum absolute atomic E-state index is 0.691. The fraction of sp³-hybridized carbons (Fsp3) is 0.205. The van der Waals surface area contributed by atoms with Crippen LogP contribution in [0.15, 0.2) is 133 Å². The Hall–Kier alpha value is -6.02. The van der Waals surface area contributed by atoms with Gasteiger partial charge in [0.2, 0.25) is 0 Å². The van der Waals surface area contributed by atoms with Crippen LogP contribution in [0.1, 0.15) is 50.1 Å². The quantitative estimate of drug-likeness (QED) is 0.0733. The molecular formula is C44H24BF24NS. The van der Waals surface area contributed by atoms with Crippen LogP contribution < -0.4 is 26.4 Å². The van der Waals surface area contributed by atoms with Crippen molar-refractivity contribution in [1.82, 2.24) is 0 Å². The Labute approximate surface area is 388 Å². The summed E-state index contributed by atoms with van der Waals surface area (Å²) in [7, 11) is 0. The third kappa shape index (κ3) is 13.3. The summed E-state index contributed by atoms with van der Waals surface area (Å²) in [5.74, 6) is 0. The van der Waals surface area contributed by atoms with Crippen LogP contribution in [0.5, 0.6) is 0 Å². The zero-order valence-corrected chi connectivity index (χ0v) is 35.3. The number of benzene rings is 5. The molecule has 1 aromatic heterocycles. The zero-order valence-electron chi connectivity index (χ0n) is 34.4. The van der Waals surface area contributed by atoms with E-state index in [1.165, 1.54) is 5.56 Å². The Balaban J connectivity index is 0.000000569. The lowest BCUT2D eigenvalue weighted by atomic mass is 9.12. The molecule has 0 N–H and O–H groups in total. The van der Waals surface area contributed by atoms with Crippen LogP contribution in [-0.4, -0.2) is 6.15 Å². The van der Waals surface area contributed by atoms with Crippen LogP contribution in [0.3, 0.4) is 0 Å². The highest BCUT2D eigenvalue weighted by Crippen LogP contribution is 2.41. The van der Waals surface area contributed by atoms with Gasteiger partial charge < -0.3 is 0 Å². The summed E-state index contributed by atoms with van der Waals surface area (Å²) in [6, 6.07) is 5.51. The molecule has 0 saturated heterocycles. The second-order valence-electron chi connectivity index (χ2n) is 15.4. The Kier molecular flexibility index (Phi) is 15.1. The number of hydrogen-bond donors (Lipinski definition) is 1. The molecule has 382 valence electrons. The average Bonchev–Trinajstić information content (AvgIpc) is 3.22. The first-order chi connectivity index (χ1) is 32.1. The van der Waals surface area contributed by atoms with Gasteiger partial charge in [0.25, 0.3) is 0 Å². The van der Waals surface area contributed by atoms with Crippen LogP contribution in [0, 0.1) is 0 Å². The van der Waals surface area contributed by atoms with Crippen LogP contribution in [0.2, 0.25) is 0 Å². The smallest absolute Gasteiger partial charge is 0.201 e. The van der Waals surface area contributed by atoms with Gasteiger partial charge in [-0.25, -0.2) is 4.57 Å². The number of hydrogen-bond acceptors (Lipinski definition) is 1. The number of nitrogens with zero attached hydrogens (tertiary/aromatic N) is 1. The van der Waals surface area contributed by atoms with Gasteiger partial charge in [-0.1, -0.05) is 66.7 Å². The second kappa shape index (κ2) is 19.2. The minimum Gasteiger partial charge on any atom is -0.201 e. The van der Waals surface area contributed by atoms with Gasteiger partial charge in [-0.3, -0.25) is 0 Å². The predicted molar refractivity (Wildman–Crippen MR) is 210 cm³/mol. The molecule has 71 heavy (non-hydrogen) atoms. The Bertz CT molecular complexity index is 2400. The highest BCUT2D eigenvalue weighted by atomic mass is 32.1. The van der Waals surface area contributed by atoms with Gasteiger partial charge in [0.1, 0.15) is 6.15 Å². The van der Waals surface area contributed by atoms with Crippen molar-refractivity contribution in [2.24, 2.45) is 0 Å². The molecule has 0 aliphatic heterocycles. The molecular weight excluding hydrogens is 1040 g/mol. The number of rotatable bonds is 6. The fourth-order valence-corrected chi connectivity index (χ4v) is 7.57. The summed E-state index contributed by atoms with van der Waals surface area (Å²) in [4.78, 5) is 1.01. The van der Waals surface area contributed by atoms with Crippen molar-refractivity contribution in [3.05, 3.63) is 178 Å². The minimum atomic E-state index is -6.13. The van der Waals surface area contributed by atoms with E-state index >= 15 is 0 Å². The molecule has 0 fully saturated rings. The van der Waals surface area contributed by atoms with E-state index < -0.39 is 195 Å². The van der Waals surface area contributed by atoms with Crippen molar-refractivity contribution in [3.63, 3.8) is 0 Å². The molecule has 1 heterocycles. The van der Waals surface area contributed by atoms with Gasteiger partial charge in [-0.15, -0.1) is 12.6 Å². The molecule has 0 spiro atoms. The Morgan fingerprint density at radius 3 is 0.718 bits per heavy atom. The van der Waals surface area contributed by atoms with E-state index in [1.807, 2.05) is 30.3 Å². The first-order valence-corrected chi connectivity index (χ1v) is 19.6. The zero-order chi connectivity index (χ0) is 53.7. The lowest BCUT2D eigenvalue weighted by Gasteiger charge is -2.46. The van der Waals surface area contributed by atoms with Gasteiger partial charge in [-0.05, 0) is 36.4 Å². The van der Waals surface area contributed by atoms with Crippen molar-refractivity contribution in [2.75, 3.05) is 0 Å². The molecule has 0 atom stereocenters. The van der Waals surface area contributed by atoms with Crippen molar-refractivity contribution in [3.8, 4) is 0 Å². The number of thiol groups is 1. The van der Waals surface area contributed by atoms with E-state index in [4.69, 9.17) is 0 Å². The van der Waals surface area contributed by atoms with Crippen LogP contribution >= 0.6 is 12.6 Å². The number of alkyl halides is 24. The van der Waals surface area contributed by atoms with Gasteiger partial charge >= 0.3 is 49.4 Å². The van der Waals surface area contributed by atoms with Crippen molar-refractivity contribution >= 4 is 40.6 Å². The molecule has 5 aromatic carbocycles. The molecule has 1 nitrogen and oxygen atoms in total. The third-order valence-electron chi connectivity index (χ3n) is 10.5. The molecule has 0 radical (unpaired) electrons. The van der Waals surface area contributed by atoms with Crippen LogP contribution in [0.25, 0.3) is 0 Å². The summed E-state index contributed by atoms with van der Waals surface area (Å²) in [5.41, 5.74) is -28.9. The SMILES string of the molecule is FC(F)(F)c1cc([B-](c2cc(C(F)(F)F)cc(C(F)(F)F)c2)(c2cc(C(F)(F)F)cc(C(F)(F)F)c2)c2cc(C(F)(F)F)cc(C(F)(F)F)c2)cc(C(F)(F)F)c1.Sc1ccc(C[n+]2ccccc2)cc1. The molecule has 0 bridgehead atoms. The summed E-state index contributed by atoms with van der Waals surface area (Å²) >= 11 is 4.25. The third-order valence-corrected chi connectivity index (χ3v) is 10.8. The van der Waals surface area contributed by atoms with E-state index in [2.05, 4.69) is 41.7 Å². The molecule has 0 aliphatic carbocycles. The van der Waals surface area contributed by atoms with Gasteiger partial charge in [0.15, 0.2) is 18.9 Å². The summed E-state index contributed by atoms with van der Waals surface area (Å²) in [5, 5.41) is 0. The maximum absolute atomic E-state index is 14.2. The normalized spacial score (nSPS) is 13.5. The Morgan fingerprint density at radius 1 is 0.310 bits per heavy atom.